The van der Waals surface area contributed by atoms with Crippen LogP contribution >= 0.6 is 0 Å². The molecule has 1 amide bonds. The molecule has 0 aliphatic carbocycles. The molecule has 1 unspecified atom stereocenters. The van der Waals surface area contributed by atoms with Gasteiger partial charge in [0.2, 0.25) is 5.91 Å². The minimum Gasteiger partial charge on any atom is -0.324 e. The summed E-state index contributed by atoms with van der Waals surface area (Å²) in [7, 11) is -1.32. The zero-order valence-electron chi connectivity index (χ0n) is 17.3. The summed E-state index contributed by atoms with van der Waals surface area (Å²) in [6.45, 7) is 6.41. The number of anilines is 1. The Balaban J connectivity index is 2.08. The lowest BCUT2D eigenvalue weighted by Gasteiger charge is -2.25. The number of likely N-dealkylation sites (N-methyl/N-ethyl adjacent to an activating group) is 1. The van der Waals surface area contributed by atoms with Crippen LogP contribution in [-0.2, 0) is 27.5 Å². The Kier molecular flexibility index (Phi) is 7.38. The molecule has 2 aromatic rings. The van der Waals surface area contributed by atoms with Crippen molar-refractivity contribution in [3.8, 4) is 0 Å². The maximum Gasteiger partial charge on any atom is 0.238 e. The highest BCUT2D eigenvalue weighted by atomic mass is 32.2. The van der Waals surface area contributed by atoms with Crippen LogP contribution in [0.2, 0.25) is 0 Å². The van der Waals surface area contributed by atoms with Crippen LogP contribution in [0.4, 0.5) is 5.69 Å². The summed E-state index contributed by atoms with van der Waals surface area (Å²) in [5.74, 6) is -0.0577. The number of rotatable bonds is 8. The number of hydrogen-bond donors (Lipinski definition) is 1. The molecule has 28 heavy (non-hydrogen) atoms. The van der Waals surface area contributed by atoms with Crippen molar-refractivity contribution < 1.29 is 13.2 Å². The Bertz CT molecular complexity index is 899. The number of hydrogen-bond acceptors (Lipinski definition) is 4. The van der Waals surface area contributed by atoms with Gasteiger partial charge in [-0.3, -0.25) is 9.69 Å². The maximum atomic E-state index is 12.6. The van der Waals surface area contributed by atoms with E-state index in [9.17, 15) is 13.2 Å². The van der Waals surface area contributed by atoms with Crippen LogP contribution in [0.25, 0.3) is 0 Å². The van der Waals surface area contributed by atoms with E-state index in [0.717, 1.165) is 35.2 Å². The number of para-hydroxylation sites is 1. The van der Waals surface area contributed by atoms with Gasteiger partial charge in [-0.2, -0.15) is 0 Å². The summed E-state index contributed by atoms with van der Waals surface area (Å²) < 4.78 is 23.2. The summed E-state index contributed by atoms with van der Waals surface area (Å²) in [5.41, 5.74) is 4.17. The van der Waals surface area contributed by atoms with Gasteiger partial charge in [0.1, 0.15) is 0 Å². The zero-order chi connectivity index (χ0) is 20.9. The molecule has 0 spiro atoms. The molecular formula is C22H30N2O3S. The third-order valence-corrected chi connectivity index (χ3v) is 6.24. The lowest BCUT2D eigenvalue weighted by molar-refractivity contribution is -0.117. The van der Waals surface area contributed by atoms with Crippen LogP contribution < -0.4 is 5.32 Å². The number of amides is 1. The number of nitrogens with zero attached hydrogens (tertiary/aromatic N) is 1. The number of sulfone groups is 1. The van der Waals surface area contributed by atoms with E-state index in [4.69, 9.17) is 0 Å². The average Bonchev–Trinajstić information content (AvgIpc) is 2.66. The predicted molar refractivity (Wildman–Crippen MR) is 114 cm³/mol. The van der Waals surface area contributed by atoms with Gasteiger partial charge in [0, 0.05) is 18.0 Å². The van der Waals surface area contributed by atoms with Crippen molar-refractivity contribution in [3.63, 3.8) is 0 Å². The van der Waals surface area contributed by atoms with E-state index >= 15 is 0 Å². The highest BCUT2D eigenvalue weighted by Gasteiger charge is 2.17. The lowest BCUT2D eigenvalue weighted by Crippen LogP contribution is -2.32. The van der Waals surface area contributed by atoms with Crippen molar-refractivity contribution in [1.29, 1.82) is 0 Å². The SMILES string of the molecule is CCc1cccc(CC)c1NC(=O)CN(C)C(C)c1ccc(S(C)(=O)=O)cc1. The van der Waals surface area contributed by atoms with Gasteiger partial charge in [0.05, 0.1) is 11.4 Å². The lowest BCUT2D eigenvalue weighted by atomic mass is 10.0. The molecule has 0 saturated heterocycles. The second kappa shape index (κ2) is 9.34. The van der Waals surface area contributed by atoms with Gasteiger partial charge >= 0.3 is 0 Å². The summed E-state index contributed by atoms with van der Waals surface area (Å²) in [6, 6.07) is 12.9. The van der Waals surface area contributed by atoms with Gasteiger partial charge in [-0.15, -0.1) is 0 Å². The third kappa shape index (κ3) is 5.42. The van der Waals surface area contributed by atoms with Gasteiger partial charge in [0.25, 0.3) is 0 Å². The number of nitrogens with one attached hydrogen (secondary N) is 1. The Morgan fingerprint density at radius 3 is 2.04 bits per heavy atom. The zero-order valence-corrected chi connectivity index (χ0v) is 18.1. The first-order valence-electron chi connectivity index (χ1n) is 9.58. The standard InChI is InChI=1S/C22H30N2O3S/c1-6-17-9-8-10-18(7-2)22(17)23-21(25)15-24(4)16(3)19-11-13-20(14-12-19)28(5,26)27/h8-14,16H,6-7,15H2,1-5H3,(H,23,25). The molecule has 0 aromatic heterocycles. The molecule has 6 heteroatoms. The molecule has 0 bridgehead atoms. The van der Waals surface area contributed by atoms with E-state index in [1.807, 2.05) is 37.1 Å². The minimum absolute atomic E-state index is 0.0218. The second-order valence-electron chi connectivity index (χ2n) is 7.14. The number of aryl methyl sites for hydroxylation is 2. The summed E-state index contributed by atoms with van der Waals surface area (Å²) >= 11 is 0. The van der Waals surface area contributed by atoms with Crippen molar-refractivity contribution >= 4 is 21.4 Å². The first-order chi connectivity index (χ1) is 13.2. The van der Waals surface area contributed by atoms with Crippen LogP contribution in [-0.4, -0.2) is 39.1 Å². The summed E-state index contributed by atoms with van der Waals surface area (Å²) in [6.07, 6.45) is 2.92. The van der Waals surface area contributed by atoms with E-state index in [0.29, 0.717) is 4.90 Å². The van der Waals surface area contributed by atoms with Crippen LogP contribution in [0.5, 0.6) is 0 Å². The Morgan fingerprint density at radius 2 is 1.57 bits per heavy atom. The van der Waals surface area contributed by atoms with Gasteiger partial charge in [-0.25, -0.2) is 8.42 Å². The molecule has 5 nitrogen and oxygen atoms in total. The molecule has 0 fully saturated rings. The van der Waals surface area contributed by atoms with Crippen LogP contribution in [0.1, 0.15) is 43.5 Å². The van der Waals surface area contributed by atoms with Crippen molar-refractivity contribution in [2.75, 3.05) is 25.2 Å². The quantitative estimate of drug-likeness (QED) is 0.728. The molecule has 0 aliphatic rings. The summed E-state index contributed by atoms with van der Waals surface area (Å²) in [4.78, 5) is 14.9. The Morgan fingerprint density at radius 1 is 1.04 bits per heavy atom. The third-order valence-electron chi connectivity index (χ3n) is 5.11. The van der Waals surface area contributed by atoms with E-state index in [1.165, 1.54) is 6.26 Å². The van der Waals surface area contributed by atoms with E-state index < -0.39 is 9.84 Å². The van der Waals surface area contributed by atoms with E-state index in [-0.39, 0.29) is 18.5 Å². The number of carbonyl (C=O) groups excluding carboxylic acids is 1. The predicted octanol–water partition coefficient (Wildman–Crippen LogP) is 3.85. The van der Waals surface area contributed by atoms with E-state index in [1.54, 1.807) is 24.3 Å². The minimum atomic E-state index is -3.21. The van der Waals surface area contributed by atoms with Gasteiger partial charge in [-0.05, 0) is 55.6 Å². The molecule has 0 saturated carbocycles. The normalized spacial score (nSPS) is 12.8. The molecule has 1 N–H and O–H groups in total. The fraction of sp³-hybridized carbons (Fsp3) is 0.409. The van der Waals surface area contributed by atoms with E-state index in [2.05, 4.69) is 19.2 Å². The molecule has 2 aromatic carbocycles. The summed E-state index contributed by atoms with van der Waals surface area (Å²) in [5, 5.41) is 3.09. The van der Waals surface area contributed by atoms with Crippen molar-refractivity contribution in [1.82, 2.24) is 4.90 Å². The molecule has 1 atom stereocenters. The molecule has 0 radical (unpaired) electrons. The van der Waals surface area contributed by atoms with Gasteiger partial charge in [-0.1, -0.05) is 44.2 Å². The highest BCUT2D eigenvalue weighted by Crippen LogP contribution is 2.24. The highest BCUT2D eigenvalue weighted by molar-refractivity contribution is 7.90. The number of benzene rings is 2. The topological polar surface area (TPSA) is 66.5 Å². The average molecular weight is 403 g/mol. The first-order valence-corrected chi connectivity index (χ1v) is 11.5. The number of carbonyl (C=O) groups is 1. The maximum absolute atomic E-state index is 12.6. The monoisotopic (exact) mass is 402 g/mol. The van der Waals surface area contributed by atoms with Crippen molar-refractivity contribution in [2.24, 2.45) is 0 Å². The molecular weight excluding hydrogens is 372 g/mol. The smallest absolute Gasteiger partial charge is 0.238 e. The molecule has 0 aliphatic heterocycles. The molecule has 152 valence electrons. The van der Waals surface area contributed by atoms with Crippen molar-refractivity contribution in [3.05, 3.63) is 59.2 Å². The largest absolute Gasteiger partial charge is 0.324 e. The van der Waals surface area contributed by atoms with Crippen molar-refractivity contribution in [2.45, 2.75) is 44.6 Å². The Labute approximate surface area is 168 Å². The van der Waals surface area contributed by atoms with Crippen LogP contribution in [0, 0.1) is 0 Å². The Hall–Kier alpha value is -2.18. The van der Waals surface area contributed by atoms with Gasteiger partial charge in [0.15, 0.2) is 9.84 Å². The fourth-order valence-corrected chi connectivity index (χ4v) is 3.82. The fourth-order valence-electron chi connectivity index (χ4n) is 3.19. The van der Waals surface area contributed by atoms with Gasteiger partial charge < -0.3 is 5.32 Å². The molecule has 0 heterocycles. The van der Waals surface area contributed by atoms with Crippen LogP contribution in [0.15, 0.2) is 47.4 Å². The molecule has 2 rings (SSSR count). The first kappa shape index (κ1) is 22.1. The van der Waals surface area contributed by atoms with Crippen LogP contribution in [0.3, 0.4) is 0 Å². The second-order valence-corrected chi connectivity index (χ2v) is 9.15.